The van der Waals surface area contributed by atoms with E-state index < -0.39 is 28.5 Å². The van der Waals surface area contributed by atoms with Crippen LogP contribution in [0.3, 0.4) is 0 Å². The highest BCUT2D eigenvalue weighted by atomic mass is 35.5. The lowest BCUT2D eigenvalue weighted by molar-refractivity contribution is -0.140. The SMILES string of the molecule is CC[C@H](C(=O)NCC(C)C)N(Cc1ccc(Cl)cc1Cl)C(=O)CN(c1ccc(C)cc1C)S(=O)(=O)c1ccccc1. The standard InChI is InChI=1S/C31H37Cl2N3O4S/c1-6-28(31(38)34-18-21(2)3)35(19-24-13-14-25(32)17-27(24)33)30(37)20-36(29-15-12-22(4)16-23(29)5)41(39,40)26-10-8-7-9-11-26/h7-17,21,28H,6,18-20H2,1-5H3,(H,34,38)/t28-/m1/s1. The van der Waals surface area contributed by atoms with Gasteiger partial charge < -0.3 is 10.2 Å². The third-order valence-corrected chi connectivity index (χ3v) is 9.02. The summed E-state index contributed by atoms with van der Waals surface area (Å²) in [6.07, 6.45) is 0.315. The molecule has 10 heteroatoms. The molecule has 3 rings (SSSR count). The zero-order valence-corrected chi connectivity index (χ0v) is 26.4. The fourth-order valence-electron chi connectivity index (χ4n) is 4.49. The fourth-order valence-corrected chi connectivity index (χ4v) is 6.46. The van der Waals surface area contributed by atoms with Gasteiger partial charge in [0.15, 0.2) is 0 Å². The second-order valence-electron chi connectivity index (χ2n) is 10.4. The largest absolute Gasteiger partial charge is 0.354 e. The first-order valence-corrected chi connectivity index (χ1v) is 15.7. The molecule has 0 aromatic heterocycles. The summed E-state index contributed by atoms with van der Waals surface area (Å²) in [6, 6.07) is 17.4. The molecule has 0 fully saturated rings. The Hall–Kier alpha value is -3.07. The molecule has 0 heterocycles. The van der Waals surface area contributed by atoms with Crippen LogP contribution >= 0.6 is 23.2 Å². The van der Waals surface area contributed by atoms with Crippen molar-refractivity contribution in [1.82, 2.24) is 10.2 Å². The first-order valence-electron chi connectivity index (χ1n) is 13.5. The predicted molar refractivity (Wildman–Crippen MR) is 166 cm³/mol. The van der Waals surface area contributed by atoms with E-state index in [4.69, 9.17) is 23.2 Å². The van der Waals surface area contributed by atoms with Crippen molar-refractivity contribution in [2.24, 2.45) is 5.92 Å². The minimum atomic E-state index is -4.14. The van der Waals surface area contributed by atoms with Gasteiger partial charge in [-0.15, -0.1) is 0 Å². The average Bonchev–Trinajstić information content (AvgIpc) is 2.92. The van der Waals surface area contributed by atoms with Gasteiger partial charge in [-0.2, -0.15) is 0 Å². The number of rotatable bonds is 12. The molecule has 2 amide bonds. The molecule has 0 saturated carbocycles. The average molecular weight is 619 g/mol. The minimum absolute atomic E-state index is 0.00541. The lowest BCUT2D eigenvalue weighted by atomic mass is 10.1. The zero-order chi connectivity index (χ0) is 30.3. The van der Waals surface area contributed by atoms with Crippen LogP contribution in [0.25, 0.3) is 0 Å². The Balaban J connectivity index is 2.09. The highest BCUT2D eigenvalue weighted by Crippen LogP contribution is 2.29. The Kier molecular flexibility index (Phi) is 11.2. The molecule has 0 aliphatic heterocycles. The van der Waals surface area contributed by atoms with Crippen LogP contribution in [0.5, 0.6) is 0 Å². The van der Waals surface area contributed by atoms with Crippen LogP contribution in [0, 0.1) is 19.8 Å². The van der Waals surface area contributed by atoms with Gasteiger partial charge in [0.2, 0.25) is 11.8 Å². The summed E-state index contributed by atoms with van der Waals surface area (Å²) in [5.41, 5.74) is 2.63. The van der Waals surface area contributed by atoms with Crippen molar-refractivity contribution in [3.63, 3.8) is 0 Å². The summed E-state index contributed by atoms with van der Waals surface area (Å²) in [6.45, 7) is 9.41. The molecule has 0 spiro atoms. The Morgan fingerprint density at radius 3 is 2.22 bits per heavy atom. The molecule has 0 unspecified atom stereocenters. The molecule has 0 saturated heterocycles. The van der Waals surface area contributed by atoms with Crippen LogP contribution in [-0.2, 0) is 26.2 Å². The maximum atomic E-state index is 14.2. The quantitative estimate of drug-likeness (QED) is 0.255. The Bertz CT molecular complexity index is 1480. The van der Waals surface area contributed by atoms with Crippen molar-refractivity contribution in [3.8, 4) is 0 Å². The van der Waals surface area contributed by atoms with Crippen molar-refractivity contribution in [1.29, 1.82) is 0 Å². The number of anilines is 1. The molecular weight excluding hydrogens is 581 g/mol. The van der Waals surface area contributed by atoms with Crippen LogP contribution in [0.2, 0.25) is 10.0 Å². The minimum Gasteiger partial charge on any atom is -0.354 e. The maximum absolute atomic E-state index is 14.2. The Labute approximate surface area is 253 Å². The molecular formula is C31H37Cl2N3O4S. The smallest absolute Gasteiger partial charge is 0.264 e. The monoisotopic (exact) mass is 617 g/mol. The van der Waals surface area contributed by atoms with Gasteiger partial charge in [0, 0.05) is 23.1 Å². The number of nitrogens with zero attached hydrogens (tertiary/aromatic N) is 2. The second-order valence-corrected chi connectivity index (χ2v) is 13.1. The molecule has 0 aliphatic carbocycles. The van der Waals surface area contributed by atoms with E-state index in [1.54, 1.807) is 55.5 Å². The van der Waals surface area contributed by atoms with Crippen LogP contribution in [-0.4, -0.2) is 44.3 Å². The number of nitrogens with one attached hydrogen (secondary N) is 1. The summed E-state index contributed by atoms with van der Waals surface area (Å²) >= 11 is 12.6. The van der Waals surface area contributed by atoms with Crippen molar-refractivity contribution >= 4 is 50.7 Å². The van der Waals surface area contributed by atoms with Gasteiger partial charge >= 0.3 is 0 Å². The van der Waals surface area contributed by atoms with Gasteiger partial charge in [-0.3, -0.25) is 13.9 Å². The number of carbonyl (C=O) groups excluding carboxylic acids is 2. The number of benzene rings is 3. The molecule has 41 heavy (non-hydrogen) atoms. The summed E-state index contributed by atoms with van der Waals surface area (Å²) in [5, 5.41) is 3.70. The van der Waals surface area contributed by atoms with E-state index in [-0.39, 0.29) is 23.3 Å². The van der Waals surface area contributed by atoms with Gasteiger partial charge in [0.05, 0.1) is 10.6 Å². The van der Waals surface area contributed by atoms with Gasteiger partial charge in [-0.1, -0.05) is 85.9 Å². The van der Waals surface area contributed by atoms with E-state index in [0.717, 1.165) is 9.87 Å². The van der Waals surface area contributed by atoms with Crippen LogP contribution in [0.15, 0.2) is 71.6 Å². The molecule has 0 radical (unpaired) electrons. The number of hydrogen-bond donors (Lipinski definition) is 1. The molecule has 3 aromatic rings. The second kappa shape index (κ2) is 14.2. The highest BCUT2D eigenvalue weighted by molar-refractivity contribution is 7.92. The van der Waals surface area contributed by atoms with E-state index >= 15 is 0 Å². The lowest BCUT2D eigenvalue weighted by Gasteiger charge is -2.34. The predicted octanol–water partition coefficient (Wildman–Crippen LogP) is 6.39. The topological polar surface area (TPSA) is 86.8 Å². The summed E-state index contributed by atoms with van der Waals surface area (Å²) in [5.74, 6) is -0.645. The molecule has 1 N–H and O–H groups in total. The zero-order valence-electron chi connectivity index (χ0n) is 24.0. The number of aryl methyl sites for hydroxylation is 2. The number of hydrogen-bond acceptors (Lipinski definition) is 4. The van der Waals surface area contributed by atoms with Gasteiger partial charge in [-0.05, 0) is 67.6 Å². The summed E-state index contributed by atoms with van der Waals surface area (Å²) < 4.78 is 29.1. The molecule has 1 atom stereocenters. The first kappa shape index (κ1) is 32.4. The number of sulfonamides is 1. The highest BCUT2D eigenvalue weighted by Gasteiger charge is 2.34. The van der Waals surface area contributed by atoms with Crippen molar-refractivity contribution in [2.45, 2.75) is 58.5 Å². The summed E-state index contributed by atoms with van der Waals surface area (Å²) in [4.78, 5) is 29.0. The third kappa shape index (κ3) is 8.24. The molecule has 0 bridgehead atoms. The van der Waals surface area contributed by atoms with Crippen LogP contribution in [0.1, 0.15) is 43.9 Å². The maximum Gasteiger partial charge on any atom is 0.264 e. The van der Waals surface area contributed by atoms with E-state index in [0.29, 0.717) is 39.8 Å². The molecule has 7 nitrogen and oxygen atoms in total. The van der Waals surface area contributed by atoms with Crippen LogP contribution in [0.4, 0.5) is 5.69 Å². The van der Waals surface area contributed by atoms with E-state index in [1.165, 1.54) is 17.0 Å². The van der Waals surface area contributed by atoms with Crippen molar-refractivity contribution < 1.29 is 18.0 Å². The first-order chi connectivity index (χ1) is 19.3. The Morgan fingerprint density at radius 1 is 0.951 bits per heavy atom. The van der Waals surface area contributed by atoms with Gasteiger partial charge in [-0.25, -0.2) is 8.42 Å². The Morgan fingerprint density at radius 2 is 1.63 bits per heavy atom. The molecule has 220 valence electrons. The molecule has 3 aromatic carbocycles. The van der Waals surface area contributed by atoms with Gasteiger partial charge in [0.1, 0.15) is 12.6 Å². The fraction of sp³-hybridized carbons (Fsp3) is 0.355. The molecule has 0 aliphatic rings. The summed E-state index contributed by atoms with van der Waals surface area (Å²) in [7, 11) is -4.14. The van der Waals surface area contributed by atoms with E-state index in [2.05, 4.69) is 5.32 Å². The third-order valence-electron chi connectivity index (χ3n) is 6.66. The van der Waals surface area contributed by atoms with Crippen molar-refractivity contribution in [3.05, 3.63) is 93.5 Å². The van der Waals surface area contributed by atoms with E-state index in [1.807, 2.05) is 33.8 Å². The lowest BCUT2D eigenvalue weighted by Crippen LogP contribution is -2.52. The number of amides is 2. The van der Waals surface area contributed by atoms with E-state index in [9.17, 15) is 18.0 Å². The number of carbonyl (C=O) groups is 2. The van der Waals surface area contributed by atoms with Crippen LogP contribution < -0.4 is 9.62 Å². The van der Waals surface area contributed by atoms with Crippen molar-refractivity contribution in [2.75, 3.05) is 17.4 Å². The van der Waals surface area contributed by atoms with Gasteiger partial charge in [0.25, 0.3) is 10.0 Å². The number of halogens is 2. The normalized spacial score (nSPS) is 12.2.